The third-order valence-corrected chi connectivity index (χ3v) is 2.87. The lowest BCUT2D eigenvalue weighted by Gasteiger charge is -2.23. The Morgan fingerprint density at radius 3 is 2.94 bits per heavy atom. The number of hydrogen-bond donors (Lipinski definition) is 0. The topological polar surface area (TPSA) is 33.2 Å². The van der Waals surface area contributed by atoms with Gasteiger partial charge in [-0.05, 0) is 31.4 Å². The minimum Gasteiger partial charge on any atom is -0.334 e. The van der Waals surface area contributed by atoms with Gasteiger partial charge in [-0.2, -0.15) is 0 Å². The van der Waals surface area contributed by atoms with Gasteiger partial charge in [0.05, 0.1) is 0 Å². The highest BCUT2D eigenvalue weighted by Crippen LogP contribution is 2.29. The maximum absolute atomic E-state index is 11.9. The van der Waals surface area contributed by atoms with Crippen LogP contribution in [0.2, 0.25) is 0 Å². The molecule has 1 aliphatic carbocycles. The summed E-state index contributed by atoms with van der Waals surface area (Å²) in [7, 11) is 0. The molecule has 0 N–H and O–H groups in total. The van der Waals surface area contributed by atoms with E-state index in [0.717, 1.165) is 18.4 Å². The monoisotopic (exact) mass is 238 g/mol. The Morgan fingerprint density at radius 2 is 2.44 bits per heavy atom. The third kappa shape index (κ3) is 2.73. The van der Waals surface area contributed by atoms with Gasteiger partial charge in [-0.1, -0.05) is 6.07 Å². The molecule has 0 aromatic carbocycles. The lowest BCUT2D eigenvalue weighted by atomic mass is 10.2. The first-order valence-electron chi connectivity index (χ1n) is 5.52. The second kappa shape index (κ2) is 4.83. The number of alkyl halides is 1. The van der Waals surface area contributed by atoms with Crippen LogP contribution in [-0.2, 0) is 11.3 Å². The van der Waals surface area contributed by atoms with E-state index < -0.39 is 5.38 Å². The van der Waals surface area contributed by atoms with Crippen molar-refractivity contribution in [2.45, 2.75) is 37.7 Å². The van der Waals surface area contributed by atoms with Gasteiger partial charge in [0.1, 0.15) is 5.38 Å². The predicted molar refractivity (Wildman–Crippen MR) is 63.1 cm³/mol. The summed E-state index contributed by atoms with van der Waals surface area (Å²) in [5.41, 5.74) is 1.06. The van der Waals surface area contributed by atoms with Crippen molar-refractivity contribution in [2.24, 2.45) is 0 Å². The first kappa shape index (κ1) is 11.4. The molecule has 3 nitrogen and oxygen atoms in total. The third-order valence-electron chi connectivity index (χ3n) is 2.69. The van der Waals surface area contributed by atoms with E-state index >= 15 is 0 Å². The van der Waals surface area contributed by atoms with Gasteiger partial charge in [-0.3, -0.25) is 9.78 Å². The summed E-state index contributed by atoms with van der Waals surface area (Å²) in [4.78, 5) is 17.8. The average Bonchev–Trinajstić information content (AvgIpc) is 3.10. The van der Waals surface area contributed by atoms with Gasteiger partial charge in [0.2, 0.25) is 5.91 Å². The first-order chi connectivity index (χ1) is 7.68. The number of rotatable bonds is 4. The Hall–Kier alpha value is -1.09. The molecule has 86 valence electrons. The van der Waals surface area contributed by atoms with E-state index in [-0.39, 0.29) is 5.91 Å². The summed E-state index contributed by atoms with van der Waals surface area (Å²) in [5.74, 6) is 0.0213. The number of amides is 1. The van der Waals surface area contributed by atoms with Crippen LogP contribution in [0.4, 0.5) is 0 Å². The van der Waals surface area contributed by atoms with Gasteiger partial charge in [-0.15, -0.1) is 11.6 Å². The summed E-state index contributed by atoms with van der Waals surface area (Å²) in [6.07, 6.45) is 5.71. The van der Waals surface area contributed by atoms with Crippen molar-refractivity contribution in [3.63, 3.8) is 0 Å². The first-order valence-corrected chi connectivity index (χ1v) is 5.95. The molecule has 1 unspecified atom stereocenters. The van der Waals surface area contributed by atoms with E-state index in [1.807, 2.05) is 17.0 Å². The molecule has 1 amide bonds. The van der Waals surface area contributed by atoms with Crippen molar-refractivity contribution in [1.82, 2.24) is 9.88 Å². The van der Waals surface area contributed by atoms with E-state index in [2.05, 4.69) is 4.98 Å². The molecule has 0 bridgehead atoms. The quantitative estimate of drug-likeness (QED) is 0.754. The zero-order valence-corrected chi connectivity index (χ0v) is 10.0. The Labute approximate surface area is 100 Å². The Kier molecular flexibility index (Phi) is 3.44. The van der Waals surface area contributed by atoms with E-state index in [0.29, 0.717) is 12.6 Å². The fourth-order valence-electron chi connectivity index (χ4n) is 1.69. The maximum atomic E-state index is 11.9. The molecule has 1 saturated carbocycles. The SMILES string of the molecule is CC(Cl)C(=O)N(Cc1cccnc1)C1CC1. The van der Waals surface area contributed by atoms with Crippen molar-refractivity contribution in [1.29, 1.82) is 0 Å². The number of nitrogens with zero attached hydrogens (tertiary/aromatic N) is 2. The van der Waals surface area contributed by atoms with Crippen LogP contribution in [-0.4, -0.2) is 27.2 Å². The standard InChI is InChI=1S/C12H15ClN2O/c1-9(13)12(16)15(11-4-5-11)8-10-3-2-6-14-7-10/h2-3,6-7,9,11H,4-5,8H2,1H3. The van der Waals surface area contributed by atoms with Gasteiger partial charge in [0.25, 0.3) is 0 Å². The minimum absolute atomic E-state index is 0.0213. The molecular weight excluding hydrogens is 224 g/mol. The van der Waals surface area contributed by atoms with Crippen LogP contribution in [0.25, 0.3) is 0 Å². The molecule has 1 atom stereocenters. The van der Waals surface area contributed by atoms with Crippen LogP contribution >= 0.6 is 11.6 Å². The lowest BCUT2D eigenvalue weighted by Crippen LogP contribution is -2.36. The van der Waals surface area contributed by atoms with E-state index in [1.165, 1.54) is 0 Å². The average molecular weight is 239 g/mol. The van der Waals surface area contributed by atoms with Crippen LogP contribution in [0.5, 0.6) is 0 Å². The molecule has 1 aliphatic rings. The molecule has 2 rings (SSSR count). The summed E-state index contributed by atoms with van der Waals surface area (Å²) in [5, 5.41) is -0.447. The molecule has 1 aromatic heterocycles. The second-order valence-corrected chi connectivity index (χ2v) is 4.83. The Bertz CT molecular complexity index is 363. The van der Waals surface area contributed by atoms with Crippen molar-refractivity contribution in [3.8, 4) is 0 Å². The zero-order valence-electron chi connectivity index (χ0n) is 9.27. The summed E-state index contributed by atoms with van der Waals surface area (Å²) in [6, 6.07) is 4.25. The molecule has 1 fully saturated rings. The largest absolute Gasteiger partial charge is 0.334 e. The number of hydrogen-bond acceptors (Lipinski definition) is 2. The highest BCUT2D eigenvalue weighted by molar-refractivity contribution is 6.30. The molecule has 0 radical (unpaired) electrons. The molecule has 16 heavy (non-hydrogen) atoms. The summed E-state index contributed by atoms with van der Waals surface area (Å²) in [6.45, 7) is 2.34. The van der Waals surface area contributed by atoms with Crippen LogP contribution in [0.15, 0.2) is 24.5 Å². The summed E-state index contributed by atoms with van der Waals surface area (Å²) < 4.78 is 0. The lowest BCUT2D eigenvalue weighted by molar-refractivity contribution is -0.131. The van der Waals surface area contributed by atoms with Crippen molar-refractivity contribution in [2.75, 3.05) is 0 Å². The van der Waals surface area contributed by atoms with Crippen LogP contribution in [0, 0.1) is 0 Å². The maximum Gasteiger partial charge on any atom is 0.240 e. The second-order valence-electron chi connectivity index (χ2n) is 4.17. The number of carbonyl (C=O) groups is 1. The number of pyridine rings is 1. The highest BCUT2D eigenvalue weighted by Gasteiger charge is 2.33. The van der Waals surface area contributed by atoms with Crippen molar-refractivity contribution < 1.29 is 4.79 Å². The van der Waals surface area contributed by atoms with Gasteiger partial charge in [0.15, 0.2) is 0 Å². The van der Waals surface area contributed by atoms with Crippen LogP contribution < -0.4 is 0 Å². The number of carbonyl (C=O) groups excluding carboxylic acids is 1. The molecule has 4 heteroatoms. The van der Waals surface area contributed by atoms with Gasteiger partial charge >= 0.3 is 0 Å². The van der Waals surface area contributed by atoms with Crippen molar-refractivity contribution in [3.05, 3.63) is 30.1 Å². The molecule has 0 spiro atoms. The van der Waals surface area contributed by atoms with Gasteiger partial charge in [-0.25, -0.2) is 0 Å². The Balaban J connectivity index is 2.06. The zero-order chi connectivity index (χ0) is 11.5. The minimum atomic E-state index is -0.447. The fourth-order valence-corrected chi connectivity index (χ4v) is 1.82. The predicted octanol–water partition coefficient (Wildman–Crippen LogP) is 2.20. The molecular formula is C12H15ClN2O. The molecule has 0 aliphatic heterocycles. The van der Waals surface area contributed by atoms with E-state index in [4.69, 9.17) is 11.6 Å². The summed E-state index contributed by atoms with van der Waals surface area (Å²) >= 11 is 5.85. The smallest absolute Gasteiger partial charge is 0.240 e. The van der Waals surface area contributed by atoms with Crippen LogP contribution in [0.3, 0.4) is 0 Å². The Morgan fingerprint density at radius 1 is 1.69 bits per heavy atom. The normalized spacial score (nSPS) is 16.9. The highest BCUT2D eigenvalue weighted by atomic mass is 35.5. The van der Waals surface area contributed by atoms with Crippen molar-refractivity contribution >= 4 is 17.5 Å². The molecule has 1 heterocycles. The van der Waals surface area contributed by atoms with E-state index in [9.17, 15) is 4.79 Å². The number of halogens is 1. The van der Waals surface area contributed by atoms with Gasteiger partial charge < -0.3 is 4.90 Å². The van der Waals surface area contributed by atoms with E-state index in [1.54, 1.807) is 19.3 Å². The fraction of sp³-hybridized carbons (Fsp3) is 0.500. The number of aromatic nitrogens is 1. The van der Waals surface area contributed by atoms with Crippen LogP contribution in [0.1, 0.15) is 25.3 Å². The molecule has 0 saturated heterocycles. The molecule has 1 aromatic rings. The van der Waals surface area contributed by atoms with Gasteiger partial charge in [0, 0.05) is 25.0 Å².